The number of methoxy groups -OCH3 is 1. The molecule has 1 aromatic heterocycles. The molecule has 1 amide bonds. The number of nitrogens with zero attached hydrogens (tertiary/aromatic N) is 4. The Bertz CT molecular complexity index is 1240. The molecule has 0 radical (unpaired) electrons. The van der Waals surface area contributed by atoms with Gasteiger partial charge in [-0.05, 0) is 55.7 Å². The predicted molar refractivity (Wildman–Crippen MR) is 148 cm³/mol. The fourth-order valence-electron chi connectivity index (χ4n) is 3.62. The third-order valence-electron chi connectivity index (χ3n) is 5.41. The van der Waals surface area contributed by atoms with Crippen LogP contribution in [0.3, 0.4) is 0 Å². The second-order valence-electron chi connectivity index (χ2n) is 7.97. The van der Waals surface area contributed by atoms with Gasteiger partial charge in [0.25, 0.3) is 0 Å². The van der Waals surface area contributed by atoms with Crippen molar-refractivity contribution in [3.63, 3.8) is 0 Å². The van der Waals surface area contributed by atoms with Gasteiger partial charge in [-0.3, -0.25) is 9.59 Å². The first-order valence-electron chi connectivity index (χ1n) is 11.1. The molecule has 1 aliphatic heterocycles. The molecule has 1 fully saturated rings. The summed E-state index contributed by atoms with van der Waals surface area (Å²) < 4.78 is 31.5. The fraction of sp³-hybridized carbons (Fsp3) is 0.292. The van der Waals surface area contributed by atoms with Gasteiger partial charge in [-0.15, -0.1) is 12.4 Å². The zero-order valence-electron chi connectivity index (χ0n) is 20.9. The molecule has 210 valence electrons. The molecule has 2 aromatic carbocycles. The van der Waals surface area contributed by atoms with Gasteiger partial charge in [0, 0.05) is 38.9 Å². The summed E-state index contributed by atoms with van der Waals surface area (Å²) in [6.45, 7) is 1.74. The van der Waals surface area contributed by atoms with Crippen molar-refractivity contribution in [1.82, 2.24) is 27.3 Å². The minimum atomic E-state index is -1.09. The van der Waals surface area contributed by atoms with Crippen molar-refractivity contribution >= 4 is 47.4 Å². The summed E-state index contributed by atoms with van der Waals surface area (Å²) in [5.41, 5.74) is 1.02. The van der Waals surface area contributed by atoms with Crippen LogP contribution in [0.1, 0.15) is 38.9 Å². The number of piperidine rings is 1. The monoisotopic (exact) mass is 556 g/mol. The summed E-state index contributed by atoms with van der Waals surface area (Å²) in [7, 11) is 1.49. The van der Waals surface area contributed by atoms with E-state index in [4.69, 9.17) is 4.74 Å². The van der Waals surface area contributed by atoms with Gasteiger partial charge in [-0.2, -0.15) is 15.0 Å². The van der Waals surface area contributed by atoms with E-state index in [1.54, 1.807) is 24.3 Å². The normalized spacial score (nSPS) is 12.2. The van der Waals surface area contributed by atoms with Gasteiger partial charge in [0.15, 0.2) is 17.4 Å². The minimum Gasteiger partial charge on any atom is -0.467 e. The van der Waals surface area contributed by atoms with Crippen LogP contribution in [0.15, 0.2) is 42.5 Å². The second kappa shape index (κ2) is 14.7. The lowest BCUT2D eigenvalue weighted by Gasteiger charge is -2.26. The van der Waals surface area contributed by atoms with Gasteiger partial charge >= 0.3 is 6.01 Å². The van der Waals surface area contributed by atoms with Crippen LogP contribution in [0.4, 0.5) is 32.1 Å². The highest BCUT2D eigenvalue weighted by molar-refractivity contribution is 6.11. The van der Waals surface area contributed by atoms with Crippen molar-refractivity contribution in [3.05, 3.63) is 59.7 Å². The van der Waals surface area contributed by atoms with Crippen LogP contribution >= 0.6 is 12.4 Å². The molecule has 1 aliphatic rings. The standard InChI is InChI=1S/C24H24F2N6O3.ClH.2H3N.2H2/c1-35-24-30-22(29-23(31-24)32-11-3-2-4-12-32)28-16-7-5-15(6-8-16)20(33)14-21(34)27-17-9-10-18(25)19(26)13-17;;;;;/h5-10,13H,2-4,11-12,14H2,1H3,(H,27,34)(H,28,29,30,31);1H;2*1H3;2*1H. The number of rotatable bonds is 8. The number of Topliss-reactive ketones (excluding diaryl/α,β-unsaturated/α-hetero) is 1. The predicted octanol–water partition coefficient (Wildman–Crippen LogP) is 5.34. The van der Waals surface area contributed by atoms with Gasteiger partial charge in [0.1, 0.15) is 0 Å². The number of amides is 1. The molecule has 0 spiro atoms. The molecule has 38 heavy (non-hydrogen) atoms. The smallest absolute Gasteiger partial charge is 0.322 e. The molecule has 0 bridgehead atoms. The third-order valence-corrected chi connectivity index (χ3v) is 5.41. The van der Waals surface area contributed by atoms with Crippen LogP contribution in [-0.2, 0) is 4.79 Å². The number of halogens is 3. The lowest BCUT2D eigenvalue weighted by Crippen LogP contribution is -2.31. The number of ether oxygens (including phenoxy) is 1. The molecular weight excluding hydrogens is 522 g/mol. The lowest BCUT2D eigenvalue weighted by atomic mass is 10.1. The van der Waals surface area contributed by atoms with Crippen LogP contribution in [0.25, 0.3) is 0 Å². The first kappa shape index (κ1) is 32.1. The Labute approximate surface area is 228 Å². The largest absolute Gasteiger partial charge is 0.467 e. The Balaban J connectivity index is 0. The molecule has 14 heteroatoms. The Morgan fingerprint density at radius 3 is 2.24 bits per heavy atom. The van der Waals surface area contributed by atoms with Crippen LogP contribution < -0.4 is 32.6 Å². The number of carbonyl (C=O) groups excluding carboxylic acids is 2. The number of ketones is 1. The quantitative estimate of drug-likeness (QED) is 0.209. The second-order valence-corrected chi connectivity index (χ2v) is 7.97. The van der Waals surface area contributed by atoms with E-state index in [1.165, 1.54) is 19.6 Å². The van der Waals surface area contributed by atoms with Crippen LogP contribution in [0.2, 0.25) is 0 Å². The molecule has 0 unspecified atom stereocenters. The highest BCUT2D eigenvalue weighted by Crippen LogP contribution is 2.22. The Morgan fingerprint density at radius 2 is 1.61 bits per heavy atom. The van der Waals surface area contributed by atoms with Gasteiger partial charge in [-0.25, -0.2) is 8.78 Å². The fourth-order valence-corrected chi connectivity index (χ4v) is 3.62. The number of hydrogen-bond acceptors (Lipinski definition) is 10. The van der Waals surface area contributed by atoms with E-state index in [0.29, 0.717) is 23.1 Å². The number of hydrogen-bond donors (Lipinski definition) is 4. The van der Waals surface area contributed by atoms with Gasteiger partial charge in [0.05, 0.1) is 13.5 Å². The zero-order valence-corrected chi connectivity index (χ0v) is 21.7. The Morgan fingerprint density at radius 1 is 0.947 bits per heavy atom. The Hall–Kier alpha value is -3.94. The van der Waals surface area contributed by atoms with Crippen LogP contribution in [0.5, 0.6) is 6.01 Å². The maximum atomic E-state index is 13.3. The van der Waals surface area contributed by atoms with E-state index in [-0.39, 0.29) is 39.3 Å². The number of nitrogens with one attached hydrogen (secondary N) is 2. The average molecular weight is 557 g/mol. The Kier molecular flexibility index (Phi) is 12.4. The first-order chi connectivity index (χ1) is 16.9. The maximum absolute atomic E-state index is 13.3. The van der Waals surface area contributed by atoms with Crippen molar-refractivity contribution in [3.8, 4) is 6.01 Å². The zero-order chi connectivity index (χ0) is 24.8. The molecule has 2 heterocycles. The molecule has 8 N–H and O–H groups in total. The summed E-state index contributed by atoms with van der Waals surface area (Å²) in [4.78, 5) is 39.8. The topological polar surface area (TPSA) is 179 Å². The number of benzene rings is 2. The van der Waals surface area contributed by atoms with Crippen molar-refractivity contribution in [2.24, 2.45) is 0 Å². The number of anilines is 4. The summed E-state index contributed by atoms with van der Waals surface area (Å²) in [6, 6.07) is 9.63. The summed E-state index contributed by atoms with van der Waals surface area (Å²) in [5.74, 6) is -2.32. The summed E-state index contributed by atoms with van der Waals surface area (Å²) in [6.07, 6.45) is 2.88. The average Bonchev–Trinajstić information content (AvgIpc) is 2.87. The van der Waals surface area contributed by atoms with Crippen LogP contribution in [0, 0.1) is 11.6 Å². The van der Waals surface area contributed by atoms with E-state index in [2.05, 4.69) is 30.5 Å². The van der Waals surface area contributed by atoms with Gasteiger partial charge < -0.3 is 32.6 Å². The SMILES string of the molecule is COc1nc(Nc2ccc(C(=O)CC(=O)Nc3ccc(F)c(F)c3)cc2)nc(N2CCCCC2)n1.Cl.N.N.[HH].[HH]. The van der Waals surface area contributed by atoms with Crippen LogP contribution in [-0.4, -0.2) is 46.8 Å². The van der Waals surface area contributed by atoms with E-state index < -0.39 is 29.7 Å². The summed E-state index contributed by atoms with van der Waals surface area (Å²) >= 11 is 0. The molecule has 0 atom stereocenters. The number of carbonyl (C=O) groups is 2. The maximum Gasteiger partial charge on any atom is 0.322 e. The highest BCUT2D eigenvalue weighted by Gasteiger charge is 2.17. The van der Waals surface area contributed by atoms with E-state index >= 15 is 0 Å². The van der Waals surface area contributed by atoms with E-state index in [1.807, 2.05) is 0 Å². The molecular formula is C24H35ClF2N8O3. The van der Waals surface area contributed by atoms with Gasteiger partial charge in [-0.1, -0.05) is 0 Å². The van der Waals surface area contributed by atoms with Crippen molar-refractivity contribution in [1.29, 1.82) is 0 Å². The lowest BCUT2D eigenvalue weighted by molar-refractivity contribution is -0.115. The molecule has 4 rings (SSSR count). The molecule has 3 aromatic rings. The first-order valence-corrected chi connectivity index (χ1v) is 11.1. The van der Waals surface area contributed by atoms with E-state index in [9.17, 15) is 18.4 Å². The van der Waals surface area contributed by atoms with Crippen molar-refractivity contribution in [2.75, 3.05) is 35.7 Å². The molecule has 1 saturated heterocycles. The van der Waals surface area contributed by atoms with Crippen molar-refractivity contribution < 1.29 is 26.0 Å². The third kappa shape index (κ3) is 8.30. The summed E-state index contributed by atoms with van der Waals surface area (Å²) in [5, 5.41) is 5.46. The highest BCUT2D eigenvalue weighted by atomic mass is 35.5. The van der Waals surface area contributed by atoms with E-state index in [0.717, 1.165) is 38.1 Å². The number of aromatic nitrogens is 3. The molecule has 0 saturated carbocycles. The molecule has 11 nitrogen and oxygen atoms in total. The minimum absolute atomic E-state index is 0. The molecule has 0 aliphatic carbocycles. The van der Waals surface area contributed by atoms with Gasteiger partial charge in [0.2, 0.25) is 17.8 Å². The van der Waals surface area contributed by atoms with Crippen molar-refractivity contribution in [2.45, 2.75) is 25.7 Å².